The van der Waals surface area contributed by atoms with Crippen molar-refractivity contribution in [1.29, 1.82) is 5.26 Å². The summed E-state index contributed by atoms with van der Waals surface area (Å²) in [5.41, 5.74) is 1.23. The first-order valence-corrected chi connectivity index (χ1v) is 4.61. The summed E-state index contributed by atoms with van der Waals surface area (Å²) in [5, 5.41) is 8.62. The lowest BCUT2D eigenvalue weighted by Gasteiger charge is -2.16. The predicted molar refractivity (Wildman–Crippen MR) is 57.5 cm³/mol. The average Bonchev–Trinajstić information content (AvgIpc) is 2.20. The zero-order valence-electron chi connectivity index (χ0n) is 8.19. The van der Waals surface area contributed by atoms with Gasteiger partial charge in [-0.3, -0.25) is 4.90 Å². The van der Waals surface area contributed by atoms with Gasteiger partial charge in [-0.25, -0.2) is 0 Å². The summed E-state index contributed by atoms with van der Waals surface area (Å²) < 4.78 is 0. The molecule has 0 atom stereocenters. The quantitative estimate of drug-likeness (QED) is 0.520. The molecule has 0 fully saturated rings. The van der Waals surface area contributed by atoms with Gasteiger partial charge in [-0.1, -0.05) is 36.4 Å². The van der Waals surface area contributed by atoms with Gasteiger partial charge in [-0.05, 0) is 5.56 Å². The highest BCUT2D eigenvalue weighted by molar-refractivity contribution is 5.14. The molecule has 0 unspecified atom stereocenters. The first-order chi connectivity index (χ1) is 6.86. The van der Waals surface area contributed by atoms with Crippen molar-refractivity contribution in [2.24, 2.45) is 0 Å². The van der Waals surface area contributed by atoms with Crippen molar-refractivity contribution >= 4 is 0 Å². The summed E-state index contributed by atoms with van der Waals surface area (Å²) in [7, 11) is 0. The molecule has 0 bridgehead atoms. The minimum Gasteiger partial charge on any atom is -0.283 e. The molecule has 2 heteroatoms. The zero-order valence-corrected chi connectivity index (χ0v) is 8.19. The van der Waals surface area contributed by atoms with E-state index in [-0.39, 0.29) is 0 Å². The molecule has 0 aliphatic carbocycles. The molecular formula is C12H14N2. The van der Waals surface area contributed by atoms with E-state index in [0.717, 1.165) is 13.1 Å². The minimum absolute atomic E-state index is 0.445. The van der Waals surface area contributed by atoms with Gasteiger partial charge in [-0.2, -0.15) is 5.26 Å². The standard InChI is InChI=1S/C12H14N2/c1-2-9-14(10-8-13)11-12-6-4-3-5-7-12/h2-7H,1,9-11H2. The number of nitrogens with zero attached hydrogens (tertiary/aromatic N) is 2. The molecule has 0 radical (unpaired) electrons. The Bertz CT molecular complexity index is 311. The molecule has 1 rings (SSSR count). The molecule has 0 heterocycles. The Kier molecular flexibility index (Phi) is 4.46. The maximum Gasteiger partial charge on any atom is 0.0871 e. The van der Waals surface area contributed by atoms with Crippen LogP contribution in [0.5, 0.6) is 0 Å². The molecule has 0 aliphatic heterocycles. The minimum atomic E-state index is 0.445. The third-order valence-corrected chi connectivity index (χ3v) is 1.93. The van der Waals surface area contributed by atoms with Gasteiger partial charge in [0, 0.05) is 13.1 Å². The highest BCUT2D eigenvalue weighted by Crippen LogP contribution is 2.03. The van der Waals surface area contributed by atoms with Crippen LogP contribution in [0.4, 0.5) is 0 Å². The normalized spacial score (nSPS) is 9.71. The van der Waals surface area contributed by atoms with Gasteiger partial charge < -0.3 is 0 Å². The summed E-state index contributed by atoms with van der Waals surface area (Å²) in [4.78, 5) is 2.04. The van der Waals surface area contributed by atoms with Gasteiger partial charge in [-0.15, -0.1) is 6.58 Å². The number of hydrogen-bond acceptors (Lipinski definition) is 2. The van der Waals surface area contributed by atoms with Crippen molar-refractivity contribution in [3.8, 4) is 6.07 Å². The maximum absolute atomic E-state index is 8.62. The number of nitriles is 1. The molecule has 14 heavy (non-hydrogen) atoms. The van der Waals surface area contributed by atoms with Gasteiger partial charge in [0.05, 0.1) is 12.6 Å². The SMILES string of the molecule is C=CCN(CC#N)Cc1ccccc1. The van der Waals surface area contributed by atoms with Crippen LogP contribution in [0.2, 0.25) is 0 Å². The largest absolute Gasteiger partial charge is 0.283 e. The Morgan fingerprint density at radius 1 is 1.36 bits per heavy atom. The van der Waals surface area contributed by atoms with Crippen LogP contribution in [0.15, 0.2) is 43.0 Å². The van der Waals surface area contributed by atoms with Gasteiger partial charge >= 0.3 is 0 Å². The molecule has 0 aromatic heterocycles. The first kappa shape index (κ1) is 10.5. The monoisotopic (exact) mass is 186 g/mol. The van der Waals surface area contributed by atoms with E-state index in [4.69, 9.17) is 5.26 Å². The smallest absolute Gasteiger partial charge is 0.0871 e. The van der Waals surface area contributed by atoms with Gasteiger partial charge in [0.2, 0.25) is 0 Å². The molecule has 0 spiro atoms. The molecule has 0 N–H and O–H groups in total. The number of rotatable bonds is 5. The van der Waals surface area contributed by atoms with Crippen LogP contribution >= 0.6 is 0 Å². The summed E-state index contributed by atoms with van der Waals surface area (Å²) in [6.45, 7) is 5.68. The molecule has 2 nitrogen and oxygen atoms in total. The molecule has 72 valence electrons. The highest BCUT2D eigenvalue weighted by Gasteiger charge is 2.02. The zero-order chi connectivity index (χ0) is 10.2. The predicted octanol–water partition coefficient (Wildman–Crippen LogP) is 2.20. The topological polar surface area (TPSA) is 27.0 Å². The third-order valence-electron chi connectivity index (χ3n) is 1.93. The van der Waals surface area contributed by atoms with E-state index in [1.54, 1.807) is 0 Å². The van der Waals surface area contributed by atoms with Crippen LogP contribution in [-0.2, 0) is 6.54 Å². The van der Waals surface area contributed by atoms with Gasteiger partial charge in [0.25, 0.3) is 0 Å². The molecule has 0 aliphatic rings. The maximum atomic E-state index is 8.62. The summed E-state index contributed by atoms with van der Waals surface area (Å²) in [6, 6.07) is 12.3. The van der Waals surface area contributed by atoms with Crippen molar-refractivity contribution in [1.82, 2.24) is 4.90 Å². The Labute approximate surface area is 85.1 Å². The third kappa shape index (κ3) is 3.42. The lowest BCUT2D eigenvalue weighted by molar-refractivity contribution is 0.331. The molecule has 1 aromatic carbocycles. The first-order valence-electron chi connectivity index (χ1n) is 4.61. The van der Waals surface area contributed by atoms with Crippen molar-refractivity contribution in [2.75, 3.05) is 13.1 Å². The van der Waals surface area contributed by atoms with E-state index < -0.39 is 0 Å². The van der Waals surface area contributed by atoms with Gasteiger partial charge in [0.1, 0.15) is 0 Å². The van der Waals surface area contributed by atoms with Crippen molar-refractivity contribution in [3.05, 3.63) is 48.6 Å². The van der Waals surface area contributed by atoms with Crippen molar-refractivity contribution in [3.63, 3.8) is 0 Å². The highest BCUT2D eigenvalue weighted by atomic mass is 15.1. The Hall–Kier alpha value is -1.59. The second-order valence-corrected chi connectivity index (χ2v) is 3.10. The van der Waals surface area contributed by atoms with Crippen molar-refractivity contribution < 1.29 is 0 Å². The lowest BCUT2D eigenvalue weighted by atomic mass is 10.2. The molecule has 0 saturated heterocycles. The van der Waals surface area contributed by atoms with Gasteiger partial charge in [0.15, 0.2) is 0 Å². The van der Waals surface area contributed by atoms with Crippen LogP contribution in [0.3, 0.4) is 0 Å². The second kappa shape index (κ2) is 5.95. The van der Waals surface area contributed by atoms with E-state index in [0.29, 0.717) is 6.54 Å². The van der Waals surface area contributed by atoms with Crippen LogP contribution in [-0.4, -0.2) is 18.0 Å². The number of hydrogen-bond donors (Lipinski definition) is 0. The molecule has 0 saturated carbocycles. The summed E-state index contributed by atoms with van der Waals surface area (Å²) in [5.74, 6) is 0. The van der Waals surface area contributed by atoms with Crippen LogP contribution in [0.1, 0.15) is 5.56 Å². The lowest BCUT2D eigenvalue weighted by Crippen LogP contribution is -2.23. The van der Waals surface area contributed by atoms with E-state index in [1.165, 1.54) is 5.56 Å². The Morgan fingerprint density at radius 3 is 2.64 bits per heavy atom. The fraction of sp³-hybridized carbons (Fsp3) is 0.250. The fourth-order valence-electron chi connectivity index (χ4n) is 1.31. The van der Waals surface area contributed by atoms with Crippen LogP contribution in [0, 0.1) is 11.3 Å². The molecule has 0 amide bonds. The number of benzene rings is 1. The Morgan fingerprint density at radius 2 is 2.07 bits per heavy atom. The van der Waals surface area contributed by atoms with E-state index in [1.807, 2.05) is 29.2 Å². The summed E-state index contributed by atoms with van der Waals surface area (Å²) in [6.07, 6.45) is 1.82. The second-order valence-electron chi connectivity index (χ2n) is 3.10. The van der Waals surface area contributed by atoms with E-state index in [9.17, 15) is 0 Å². The molecular weight excluding hydrogens is 172 g/mol. The van der Waals surface area contributed by atoms with Crippen molar-refractivity contribution in [2.45, 2.75) is 6.54 Å². The summed E-state index contributed by atoms with van der Waals surface area (Å²) >= 11 is 0. The van der Waals surface area contributed by atoms with E-state index in [2.05, 4.69) is 24.8 Å². The van der Waals surface area contributed by atoms with E-state index >= 15 is 0 Å². The Balaban J connectivity index is 2.56. The van der Waals surface area contributed by atoms with Crippen LogP contribution < -0.4 is 0 Å². The fourth-order valence-corrected chi connectivity index (χ4v) is 1.31. The molecule has 1 aromatic rings. The van der Waals surface area contributed by atoms with Crippen LogP contribution in [0.25, 0.3) is 0 Å². The average molecular weight is 186 g/mol.